The molecule has 0 spiro atoms. The summed E-state index contributed by atoms with van der Waals surface area (Å²) >= 11 is 0. The Hall–Kier alpha value is -1.63. The molecule has 0 aliphatic rings. The third-order valence-electron chi connectivity index (χ3n) is 2.40. The highest BCUT2D eigenvalue weighted by Gasteiger charge is 2.06. The fourth-order valence-electron chi connectivity index (χ4n) is 1.50. The van der Waals surface area contributed by atoms with Crippen LogP contribution in [-0.2, 0) is 4.74 Å². The van der Waals surface area contributed by atoms with Crippen LogP contribution in [0.3, 0.4) is 0 Å². The van der Waals surface area contributed by atoms with Gasteiger partial charge < -0.3 is 20.1 Å². The normalized spacial score (nSPS) is 10.7. The minimum atomic E-state index is 0.330. The number of nitrogens with zero attached hydrogens (tertiary/aromatic N) is 3. The number of anilines is 2. The van der Waals surface area contributed by atoms with Gasteiger partial charge in [0.05, 0.1) is 13.2 Å². The van der Waals surface area contributed by atoms with E-state index in [1.165, 1.54) is 0 Å². The van der Waals surface area contributed by atoms with E-state index in [0.29, 0.717) is 43.6 Å². The zero-order valence-electron chi connectivity index (χ0n) is 13.5. The van der Waals surface area contributed by atoms with Crippen LogP contribution < -0.4 is 15.4 Å². The molecule has 0 aliphatic heterocycles. The molecule has 0 amide bonds. The third-order valence-corrected chi connectivity index (χ3v) is 2.40. The van der Waals surface area contributed by atoms with Gasteiger partial charge in [0, 0.05) is 19.7 Å². The zero-order chi connectivity index (χ0) is 15.5. The van der Waals surface area contributed by atoms with Crippen molar-refractivity contribution in [1.82, 2.24) is 15.0 Å². The van der Waals surface area contributed by atoms with E-state index in [4.69, 9.17) is 9.47 Å². The lowest BCUT2D eigenvalue weighted by atomic mass is 10.2. The van der Waals surface area contributed by atoms with Crippen molar-refractivity contribution in [2.24, 2.45) is 5.92 Å². The van der Waals surface area contributed by atoms with E-state index < -0.39 is 0 Å². The van der Waals surface area contributed by atoms with Crippen LogP contribution in [0.4, 0.5) is 11.9 Å². The maximum Gasteiger partial charge on any atom is 0.323 e. The van der Waals surface area contributed by atoms with Gasteiger partial charge in [-0.2, -0.15) is 15.0 Å². The SMILES string of the molecule is CCCNc1nc(NCCOCC(C)C)nc(OCC)n1. The molecule has 0 saturated carbocycles. The maximum absolute atomic E-state index is 5.51. The van der Waals surface area contributed by atoms with E-state index in [9.17, 15) is 0 Å². The molecule has 7 nitrogen and oxygen atoms in total. The van der Waals surface area contributed by atoms with Gasteiger partial charge in [0.1, 0.15) is 0 Å². The second kappa shape index (κ2) is 10.1. The van der Waals surface area contributed by atoms with E-state index in [2.05, 4.69) is 46.4 Å². The standard InChI is InChI=1S/C14H27N5O2/c1-5-7-15-12-17-13(19-14(18-12)21-6-2)16-8-9-20-10-11(3)4/h11H,5-10H2,1-4H3,(H2,15,16,17,18,19). The Labute approximate surface area is 126 Å². The first-order valence-electron chi connectivity index (χ1n) is 7.60. The summed E-state index contributed by atoms with van der Waals surface area (Å²) in [7, 11) is 0. The molecule has 0 fully saturated rings. The maximum atomic E-state index is 5.51. The van der Waals surface area contributed by atoms with E-state index >= 15 is 0 Å². The molecule has 1 heterocycles. The average Bonchev–Trinajstić information content (AvgIpc) is 2.44. The van der Waals surface area contributed by atoms with Crippen LogP contribution in [0.2, 0.25) is 0 Å². The van der Waals surface area contributed by atoms with Gasteiger partial charge in [-0.3, -0.25) is 0 Å². The summed E-state index contributed by atoms with van der Waals surface area (Å²) in [6, 6.07) is 0.330. The van der Waals surface area contributed by atoms with E-state index in [-0.39, 0.29) is 0 Å². The summed E-state index contributed by atoms with van der Waals surface area (Å²) < 4.78 is 10.9. The number of aromatic nitrogens is 3. The van der Waals surface area contributed by atoms with Crippen molar-refractivity contribution in [1.29, 1.82) is 0 Å². The predicted molar refractivity (Wildman–Crippen MR) is 83.9 cm³/mol. The van der Waals surface area contributed by atoms with Gasteiger partial charge in [0.25, 0.3) is 0 Å². The molecular weight excluding hydrogens is 270 g/mol. The molecule has 21 heavy (non-hydrogen) atoms. The number of hydrogen-bond donors (Lipinski definition) is 2. The minimum Gasteiger partial charge on any atom is -0.464 e. The summed E-state index contributed by atoms with van der Waals surface area (Å²) in [6.45, 7) is 11.6. The molecule has 1 aromatic rings. The molecule has 1 rings (SSSR count). The third kappa shape index (κ3) is 7.65. The van der Waals surface area contributed by atoms with Crippen LogP contribution in [0, 0.1) is 5.92 Å². The zero-order valence-corrected chi connectivity index (χ0v) is 13.5. The molecule has 0 aliphatic carbocycles. The second-order valence-electron chi connectivity index (χ2n) is 5.02. The second-order valence-corrected chi connectivity index (χ2v) is 5.02. The molecule has 0 radical (unpaired) electrons. The van der Waals surface area contributed by atoms with Crippen LogP contribution >= 0.6 is 0 Å². The van der Waals surface area contributed by atoms with E-state index in [1.807, 2.05) is 6.92 Å². The van der Waals surface area contributed by atoms with E-state index in [1.54, 1.807) is 0 Å². The van der Waals surface area contributed by atoms with Gasteiger partial charge in [-0.05, 0) is 19.3 Å². The van der Waals surface area contributed by atoms with Gasteiger partial charge in [-0.1, -0.05) is 20.8 Å². The first-order chi connectivity index (χ1) is 10.2. The van der Waals surface area contributed by atoms with Crippen molar-refractivity contribution in [3.63, 3.8) is 0 Å². The highest BCUT2D eigenvalue weighted by Crippen LogP contribution is 2.11. The smallest absolute Gasteiger partial charge is 0.323 e. The summed E-state index contributed by atoms with van der Waals surface area (Å²) in [5.41, 5.74) is 0. The van der Waals surface area contributed by atoms with Crippen LogP contribution in [0.15, 0.2) is 0 Å². The van der Waals surface area contributed by atoms with Crippen molar-refractivity contribution in [3.8, 4) is 6.01 Å². The Kier molecular flexibility index (Phi) is 8.42. The van der Waals surface area contributed by atoms with Gasteiger partial charge in [0.2, 0.25) is 11.9 Å². The highest BCUT2D eigenvalue weighted by atomic mass is 16.5. The van der Waals surface area contributed by atoms with Crippen LogP contribution in [0.5, 0.6) is 6.01 Å². The molecule has 120 valence electrons. The molecule has 0 bridgehead atoms. The minimum absolute atomic E-state index is 0.330. The van der Waals surface area contributed by atoms with Crippen molar-refractivity contribution >= 4 is 11.9 Å². The van der Waals surface area contributed by atoms with Gasteiger partial charge in [-0.15, -0.1) is 0 Å². The lowest BCUT2D eigenvalue weighted by Crippen LogP contribution is -2.15. The van der Waals surface area contributed by atoms with Gasteiger partial charge >= 0.3 is 6.01 Å². The fraction of sp³-hybridized carbons (Fsp3) is 0.786. The van der Waals surface area contributed by atoms with Crippen molar-refractivity contribution in [2.75, 3.05) is 43.5 Å². The Morgan fingerprint density at radius 2 is 1.67 bits per heavy atom. The molecule has 1 aromatic heterocycles. The topological polar surface area (TPSA) is 81.2 Å². The Morgan fingerprint density at radius 3 is 2.24 bits per heavy atom. The highest BCUT2D eigenvalue weighted by molar-refractivity contribution is 5.35. The summed E-state index contributed by atoms with van der Waals surface area (Å²) in [5.74, 6) is 1.57. The Morgan fingerprint density at radius 1 is 1.00 bits per heavy atom. The molecule has 0 unspecified atom stereocenters. The number of hydrogen-bond acceptors (Lipinski definition) is 7. The predicted octanol–water partition coefficient (Wildman–Crippen LogP) is 2.18. The summed E-state index contributed by atoms with van der Waals surface area (Å²) in [5, 5.41) is 6.26. The number of rotatable bonds is 11. The van der Waals surface area contributed by atoms with E-state index in [0.717, 1.165) is 19.6 Å². The monoisotopic (exact) mass is 297 g/mol. The number of ether oxygens (including phenoxy) is 2. The van der Waals surface area contributed by atoms with Gasteiger partial charge in [-0.25, -0.2) is 0 Å². The van der Waals surface area contributed by atoms with Crippen molar-refractivity contribution < 1.29 is 9.47 Å². The average molecular weight is 297 g/mol. The van der Waals surface area contributed by atoms with Crippen molar-refractivity contribution in [3.05, 3.63) is 0 Å². The first-order valence-corrected chi connectivity index (χ1v) is 7.60. The lowest BCUT2D eigenvalue weighted by molar-refractivity contribution is 0.118. The molecule has 0 saturated heterocycles. The molecule has 0 atom stereocenters. The number of nitrogens with one attached hydrogen (secondary N) is 2. The molecular formula is C14H27N5O2. The summed E-state index contributed by atoms with van der Waals surface area (Å²) in [4.78, 5) is 12.7. The Bertz CT molecular complexity index is 401. The largest absolute Gasteiger partial charge is 0.464 e. The molecule has 0 aromatic carbocycles. The fourth-order valence-corrected chi connectivity index (χ4v) is 1.50. The van der Waals surface area contributed by atoms with Crippen LogP contribution in [-0.4, -0.2) is 47.9 Å². The summed E-state index contributed by atoms with van der Waals surface area (Å²) in [6.07, 6.45) is 1.00. The quantitative estimate of drug-likeness (QED) is 0.606. The first kappa shape index (κ1) is 17.4. The lowest BCUT2D eigenvalue weighted by Gasteiger charge is -2.10. The Balaban J connectivity index is 2.52. The molecule has 2 N–H and O–H groups in total. The van der Waals surface area contributed by atoms with Crippen LogP contribution in [0.25, 0.3) is 0 Å². The van der Waals surface area contributed by atoms with Gasteiger partial charge in [0.15, 0.2) is 0 Å². The van der Waals surface area contributed by atoms with Crippen LogP contribution in [0.1, 0.15) is 34.1 Å². The molecule has 7 heteroatoms. The van der Waals surface area contributed by atoms with Crippen molar-refractivity contribution in [2.45, 2.75) is 34.1 Å².